The summed E-state index contributed by atoms with van der Waals surface area (Å²) in [4.78, 5) is 2.30. The van der Waals surface area contributed by atoms with Crippen LogP contribution in [0.4, 0.5) is 17.1 Å². The number of anilines is 3. The van der Waals surface area contributed by atoms with Crippen molar-refractivity contribution < 1.29 is 0 Å². The first-order valence-electron chi connectivity index (χ1n) is 19.3. The van der Waals surface area contributed by atoms with Crippen molar-refractivity contribution in [2.75, 3.05) is 4.90 Å². The van der Waals surface area contributed by atoms with E-state index in [0.717, 1.165) is 17.1 Å². The Labute approximate surface area is 331 Å². The highest BCUT2D eigenvalue weighted by Gasteiger charge is 2.41. The van der Waals surface area contributed by atoms with Crippen LogP contribution in [0.15, 0.2) is 249 Å². The topological polar surface area (TPSA) is 3.24 Å². The smallest absolute Gasteiger partial charge is 0.179 e. The number of nitrogens with zero attached hydrogens (tertiary/aromatic N) is 1. The van der Waals surface area contributed by atoms with E-state index >= 15 is 0 Å². The Hall–Kier alpha value is -7.00. The first kappa shape index (κ1) is 34.7. The molecule has 1 nitrogen and oxygen atoms in total. The van der Waals surface area contributed by atoms with Gasteiger partial charge in [-0.25, -0.2) is 0 Å². The SMILES string of the molecule is c1ccc(-c2ccc(-c3ccc([Si](c4ccccc4)(c4ccccc4)c4ccc(-c5ccc(N(c6ccccc6)c6ccccc6)cc5)cc4)cc3)cc2)cc1. The van der Waals surface area contributed by atoms with Crippen molar-refractivity contribution in [1.29, 1.82) is 0 Å². The number of rotatable bonds is 10. The van der Waals surface area contributed by atoms with Crippen molar-refractivity contribution in [3.8, 4) is 33.4 Å². The van der Waals surface area contributed by atoms with Crippen LogP contribution in [0.1, 0.15) is 0 Å². The molecule has 0 unspecified atom stereocenters. The maximum absolute atomic E-state index is 2.71. The van der Waals surface area contributed by atoms with Gasteiger partial charge in [0.15, 0.2) is 8.07 Å². The van der Waals surface area contributed by atoms with Crippen LogP contribution >= 0.6 is 0 Å². The lowest BCUT2D eigenvalue weighted by Gasteiger charge is -2.34. The van der Waals surface area contributed by atoms with Crippen LogP contribution < -0.4 is 25.6 Å². The largest absolute Gasteiger partial charge is 0.311 e. The molecule has 0 saturated heterocycles. The van der Waals surface area contributed by atoms with E-state index in [4.69, 9.17) is 0 Å². The first-order valence-corrected chi connectivity index (χ1v) is 21.3. The van der Waals surface area contributed by atoms with Gasteiger partial charge >= 0.3 is 0 Å². The second kappa shape index (κ2) is 15.8. The molecule has 0 amide bonds. The zero-order valence-corrected chi connectivity index (χ0v) is 32.1. The highest BCUT2D eigenvalue weighted by molar-refractivity contribution is 7.19. The third-order valence-corrected chi connectivity index (χ3v) is 15.7. The highest BCUT2D eigenvalue weighted by Crippen LogP contribution is 2.35. The van der Waals surface area contributed by atoms with Crippen molar-refractivity contribution in [3.05, 3.63) is 249 Å². The molecule has 9 aromatic rings. The Kier molecular flexibility index (Phi) is 9.78. The van der Waals surface area contributed by atoms with E-state index in [9.17, 15) is 0 Å². The Bertz CT molecular complexity index is 2530. The van der Waals surface area contributed by atoms with Crippen LogP contribution in [0.5, 0.6) is 0 Å². The standard InChI is InChI=1S/C54H41NSi/c1-6-16-42(17-7-1)43-26-28-44(29-27-43)46-32-38-53(39-33-46)56(51-22-12-4-13-23-51,52-24-14-5-15-25-52)54-40-34-47(35-41-54)45-30-36-50(37-31-45)55(48-18-8-2-9-19-48)49-20-10-3-11-21-49/h1-41H. The van der Waals surface area contributed by atoms with Gasteiger partial charge in [0.25, 0.3) is 0 Å². The fraction of sp³-hybridized carbons (Fsp3) is 0. The van der Waals surface area contributed by atoms with Crippen LogP contribution in [0.2, 0.25) is 0 Å². The Morgan fingerprint density at radius 3 is 0.786 bits per heavy atom. The maximum atomic E-state index is 2.38. The average Bonchev–Trinajstić information content (AvgIpc) is 3.29. The molecule has 9 aromatic carbocycles. The van der Waals surface area contributed by atoms with Gasteiger partial charge in [-0.2, -0.15) is 0 Å². The molecule has 266 valence electrons. The van der Waals surface area contributed by atoms with Gasteiger partial charge in [-0.05, 0) is 90.5 Å². The molecule has 2 heteroatoms. The van der Waals surface area contributed by atoms with Crippen molar-refractivity contribution >= 4 is 45.9 Å². The summed E-state index contributed by atoms with van der Waals surface area (Å²) in [5, 5.41) is 5.45. The summed E-state index contributed by atoms with van der Waals surface area (Å²) in [5.74, 6) is 0. The van der Waals surface area contributed by atoms with Gasteiger partial charge in [-0.3, -0.25) is 0 Å². The lowest BCUT2D eigenvalue weighted by Crippen LogP contribution is -2.74. The zero-order valence-electron chi connectivity index (χ0n) is 31.1. The number of hydrogen-bond donors (Lipinski definition) is 0. The fourth-order valence-corrected chi connectivity index (χ4v) is 12.8. The summed E-state index contributed by atoms with van der Waals surface area (Å²) >= 11 is 0. The first-order chi connectivity index (χ1) is 27.8. The van der Waals surface area contributed by atoms with Gasteiger partial charge < -0.3 is 4.90 Å². The van der Waals surface area contributed by atoms with Crippen LogP contribution in [-0.4, -0.2) is 8.07 Å². The van der Waals surface area contributed by atoms with E-state index in [0.29, 0.717) is 0 Å². The van der Waals surface area contributed by atoms with E-state index in [1.807, 2.05) is 0 Å². The van der Waals surface area contributed by atoms with E-state index < -0.39 is 8.07 Å². The minimum Gasteiger partial charge on any atom is -0.311 e. The third-order valence-electron chi connectivity index (χ3n) is 10.9. The molecular formula is C54H41NSi. The van der Waals surface area contributed by atoms with Gasteiger partial charge in [0.2, 0.25) is 0 Å². The zero-order chi connectivity index (χ0) is 37.6. The molecule has 0 bridgehead atoms. The maximum Gasteiger partial charge on any atom is 0.179 e. The lowest BCUT2D eigenvalue weighted by molar-refractivity contribution is 1.28. The average molecular weight is 732 g/mol. The molecule has 0 N–H and O–H groups in total. The van der Waals surface area contributed by atoms with Gasteiger partial charge in [-0.1, -0.05) is 212 Å². The Morgan fingerprint density at radius 2 is 0.429 bits per heavy atom. The number of para-hydroxylation sites is 2. The van der Waals surface area contributed by atoms with Crippen molar-refractivity contribution in [2.45, 2.75) is 0 Å². The van der Waals surface area contributed by atoms with Crippen molar-refractivity contribution in [1.82, 2.24) is 0 Å². The van der Waals surface area contributed by atoms with Gasteiger partial charge in [-0.15, -0.1) is 0 Å². The van der Waals surface area contributed by atoms with Crippen LogP contribution in [0.3, 0.4) is 0 Å². The van der Waals surface area contributed by atoms with E-state index in [2.05, 4.69) is 254 Å². The molecule has 0 heterocycles. The normalized spacial score (nSPS) is 11.2. The summed E-state index contributed by atoms with van der Waals surface area (Å²) in [6.45, 7) is 0. The van der Waals surface area contributed by atoms with E-state index in [1.165, 1.54) is 54.1 Å². The molecule has 56 heavy (non-hydrogen) atoms. The predicted molar refractivity (Wildman–Crippen MR) is 241 cm³/mol. The van der Waals surface area contributed by atoms with E-state index in [1.54, 1.807) is 0 Å². The van der Waals surface area contributed by atoms with E-state index in [-0.39, 0.29) is 0 Å². The van der Waals surface area contributed by atoms with Crippen molar-refractivity contribution in [3.63, 3.8) is 0 Å². The quantitative estimate of drug-likeness (QED) is 0.1000. The molecule has 0 fully saturated rings. The second-order valence-corrected chi connectivity index (χ2v) is 17.9. The fourth-order valence-electron chi connectivity index (χ4n) is 8.09. The second-order valence-electron chi connectivity index (χ2n) is 14.1. The lowest BCUT2D eigenvalue weighted by atomic mass is 10.0. The molecule has 0 saturated carbocycles. The molecule has 0 aliphatic heterocycles. The molecule has 0 aromatic heterocycles. The number of benzene rings is 9. The predicted octanol–water partition coefficient (Wildman–Crippen LogP) is 11.5. The molecule has 0 radical (unpaired) electrons. The summed E-state index contributed by atoms with van der Waals surface area (Å²) in [6, 6.07) is 90.6. The third kappa shape index (κ3) is 6.79. The van der Waals surface area contributed by atoms with Crippen LogP contribution in [-0.2, 0) is 0 Å². The molecule has 0 atom stereocenters. The van der Waals surface area contributed by atoms with Gasteiger partial charge in [0.1, 0.15) is 0 Å². The molecule has 0 aliphatic carbocycles. The Balaban J connectivity index is 1.09. The number of hydrogen-bond acceptors (Lipinski definition) is 1. The van der Waals surface area contributed by atoms with Crippen LogP contribution in [0.25, 0.3) is 33.4 Å². The van der Waals surface area contributed by atoms with Crippen molar-refractivity contribution in [2.24, 2.45) is 0 Å². The summed E-state index contributed by atoms with van der Waals surface area (Å²) in [5.41, 5.74) is 10.7. The molecule has 0 spiro atoms. The highest BCUT2D eigenvalue weighted by atomic mass is 28.3. The minimum atomic E-state index is -2.71. The minimum absolute atomic E-state index is 1.12. The molecular weight excluding hydrogens is 691 g/mol. The summed E-state index contributed by atoms with van der Waals surface area (Å²) in [7, 11) is -2.71. The summed E-state index contributed by atoms with van der Waals surface area (Å²) < 4.78 is 0. The summed E-state index contributed by atoms with van der Waals surface area (Å²) in [6.07, 6.45) is 0. The molecule has 0 aliphatic rings. The van der Waals surface area contributed by atoms with Gasteiger partial charge in [0, 0.05) is 17.1 Å². The Morgan fingerprint density at radius 1 is 0.196 bits per heavy atom. The van der Waals surface area contributed by atoms with Crippen LogP contribution in [0, 0.1) is 0 Å². The monoisotopic (exact) mass is 731 g/mol. The van der Waals surface area contributed by atoms with Gasteiger partial charge in [0.05, 0.1) is 0 Å². The molecule has 9 rings (SSSR count).